The number of halogens is 1. The van der Waals surface area contributed by atoms with Gasteiger partial charge in [-0.2, -0.15) is 0 Å². The maximum absolute atomic E-state index is 13.4. The number of hydrogen-bond acceptors (Lipinski definition) is 5. The SMILES string of the molecule is CN1CCN(C(CNC(=O)C2CCN(S(C)(=O)=O)CC2)c2ccc(F)cc2)CC1. The number of amides is 1. The average Bonchev–Trinajstić information content (AvgIpc) is 2.70. The molecule has 0 saturated carbocycles. The highest BCUT2D eigenvalue weighted by Crippen LogP contribution is 2.23. The molecule has 7 nitrogen and oxygen atoms in total. The molecule has 2 aliphatic heterocycles. The third-order valence-corrected chi connectivity index (χ3v) is 7.30. The summed E-state index contributed by atoms with van der Waals surface area (Å²) < 4.78 is 38.1. The van der Waals surface area contributed by atoms with E-state index in [-0.39, 0.29) is 23.7 Å². The summed E-state index contributed by atoms with van der Waals surface area (Å²) in [5.74, 6) is -0.471. The van der Waals surface area contributed by atoms with E-state index in [1.165, 1.54) is 22.7 Å². The van der Waals surface area contributed by atoms with Crippen LogP contribution in [0.2, 0.25) is 0 Å². The molecule has 1 N–H and O–H groups in total. The summed E-state index contributed by atoms with van der Waals surface area (Å²) in [6.45, 7) is 4.92. The summed E-state index contributed by atoms with van der Waals surface area (Å²) in [5.41, 5.74) is 0.989. The van der Waals surface area contributed by atoms with Crippen LogP contribution in [-0.4, -0.2) is 87.5 Å². The quantitative estimate of drug-likeness (QED) is 0.732. The molecule has 2 heterocycles. The smallest absolute Gasteiger partial charge is 0.223 e. The number of piperazine rings is 1. The van der Waals surface area contributed by atoms with Gasteiger partial charge < -0.3 is 10.2 Å². The number of hydrogen-bond donors (Lipinski definition) is 1. The first-order chi connectivity index (χ1) is 13.7. The average molecular weight is 427 g/mol. The molecule has 0 aromatic heterocycles. The molecule has 162 valence electrons. The lowest BCUT2D eigenvalue weighted by Crippen LogP contribution is -2.49. The van der Waals surface area contributed by atoms with Gasteiger partial charge in [0.05, 0.1) is 12.3 Å². The molecule has 1 unspecified atom stereocenters. The summed E-state index contributed by atoms with van der Waals surface area (Å²) in [5, 5.41) is 3.07. The molecule has 0 spiro atoms. The van der Waals surface area contributed by atoms with Crippen molar-refractivity contribution in [2.45, 2.75) is 18.9 Å². The van der Waals surface area contributed by atoms with Crippen molar-refractivity contribution in [2.24, 2.45) is 5.92 Å². The van der Waals surface area contributed by atoms with Crippen molar-refractivity contribution in [3.8, 4) is 0 Å². The monoisotopic (exact) mass is 426 g/mol. The van der Waals surface area contributed by atoms with Gasteiger partial charge >= 0.3 is 0 Å². The van der Waals surface area contributed by atoms with Gasteiger partial charge in [0.1, 0.15) is 5.82 Å². The molecule has 29 heavy (non-hydrogen) atoms. The van der Waals surface area contributed by atoms with Gasteiger partial charge in [0.15, 0.2) is 0 Å². The standard InChI is InChI=1S/C20H31FN4O3S/c1-23-11-13-24(14-12-23)19(16-3-5-18(21)6-4-16)15-22-20(26)17-7-9-25(10-8-17)29(2,27)28/h3-6,17,19H,7-15H2,1-2H3,(H,22,26). The van der Waals surface area contributed by atoms with E-state index < -0.39 is 10.0 Å². The van der Waals surface area contributed by atoms with Gasteiger partial charge in [-0.1, -0.05) is 12.1 Å². The summed E-state index contributed by atoms with van der Waals surface area (Å²) in [6, 6.07) is 6.48. The molecular weight excluding hydrogens is 395 g/mol. The molecule has 2 fully saturated rings. The number of benzene rings is 1. The van der Waals surface area contributed by atoms with E-state index in [0.717, 1.165) is 31.7 Å². The number of nitrogens with one attached hydrogen (secondary N) is 1. The lowest BCUT2D eigenvalue weighted by molar-refractivity contribution is -0.126. The fraction of sp³-hybridized carbons (Fsp3) is 0.650. The van der Waals surface area contributed by atoms with Crippen LogP contribution in [0.1, 0.15) is 24.4 Å². The zero-order valence-corrected chi connectivity index (χ0v) is 18.0. The van der Waals surface area contributed by atoms with Gasteiger partial charge in [-0.05, 0) is 37.6 Å². The first-order valence-corrected chi connectivity index (χ1v) is 12.0. The predicted octanol–water partition coefficient (Wildman–Crippen LogP) is 0.902. The highest BCUT2D eigenvalue weighted by atomic mass is 32.2. The Morgan fingerprint density at radius 3 is 2.24 bits per heavy atom. The Morgan fingerprint density at radius 2 is 1.69 bits per heavy atom. The third-order valence-electron chi connectivity index (χ3n) is 6.00. The summed E-state index contributed by atoms with van der Waals surface area (Å²) in [7, 11) is -1.11. The zero-order chi connectivity index (χ0) is 21.0. The Bertz CT molecular complexity index is 786. The molecule has 0 radical (unpaired) electrons. The highest BCUT2D eigenvalue weighted by molar-refractivity contribution is 7.88. The summed E-state index contributed by atoms with van der Waals surface area (Å²) in [4.78, 5) is 17.3. The molecule has 1 aromatic carbocycles. The first kappa shape index (κ1) is 22.1. The van der Waals surface area contributed by atoms with Crippen LogP contribution in [0.25, 0.3) is 0 Å². The van der Waals surface area contributed by atoms with Crippen molar-refractivity contribution in [2.75, 3.05) is 59.1 Å². The van der Waals surface area contributed by atoms with Crippen LogP contribution in [0.5, 0.6) is 0 Å². The van der Waals surface area contributed by atoms with Crippen LogP contribution in [0.3, 0.4) is 0 Å². The molecule has 1 atom stereocenters. The van der Waals surface area contributed by atoms with Crippen LogP contribution in [0, 0.1) is 11.7 Å². The number of rotatable bonds is 6. The summed E-state index contributed by atoms with van der Waals surface area (Å²) in [6.07, 6.45) is 2.28. The van der Waals surface area contributed by atoms with Gasteiger partial charge in [0.2, 0.25) is 15.9 Å². The minimum Gasteiger partial charge on any atom is -0.354 e. The Hall–Kier alpha value is -1.55. The van der Waals surface area contributed by atoms with Gasteiger partial charge in [0.25, 0.3) is 0 Å². The van der Waals surface area contributed by atoms with E-state index in [2.05, 4.69) is 22.2 Å². The number of sulfonamides is 1. The fourth-order valence-electron chi connectivity index (χ4n) is 4.07. The lowest BCUT2D eigenvalue weighted by Gasteiger charge is -2.38. The van der Waals surface area contributed by atoms with Gasteiger partial charge in [-0.25, -0.2) is 17.1 Å². The zero-order valence-electron chi connectivity index (χ0n) is 17.2. The third kappa shape index (κ3) is 5.97. The van der Waals surface area contributed by atoms with Crippen LogP contribution >= 0.6 is 0 Å². The number of nitrogens with zero attached hydrogens (tertiary/aromatic N) is 3. The number of likely N-dealkylation sites (N-methyl/N-ethyl adjacent to an activating group) is 1. The normalized spacial score (nSPS) is 21.8. The molecule has 1 aromatic rings. The maximum atomic E-state index is 13.4. The van der Waals surface area contributed by atoms with Crippen molar-refractivity contribution in [1.29, 1.82) is 0 Å². The minimum atomic E-state index is -3.20. The van der Waals surface area contributed by atoms with Crippen LogP contribution in [0.4, 0.5) is 4.39 Å². The largest absolute Gasteiger partial charge is 0.354 e. The van der Waals surface area contributed by atoms with E-state index in [4.69, 9.17) is 0 Å². The van der Waals surface area contributed by atoms with E-state index in [0.29, 0.717) is 32.5 Å². The molecule has 3 rings (SSSR count). The Balaban J connectivity index is 1.61. The number of carbonyl (C=O) groups excluding carboxylic acids is 1. The van der Waals surface area contributed by atoms with Gasteiger partial charge in [-0.3, -0.25) is 9.69 Å². The topological polar surface area (TPSA) is 73.0 Å². The van der Waals surface area contributed by atoms with Gasteiger partial charge in [0, 0.05) is 51.7 Å². The van der Waals surface area contributed by atoms with Crippen molar-refractivity contribution in [3.05, 3.63) is 35.6 Å². The van der Waals surface area contributed by atoms with Gasteiger partial charge in [-0.15, -0.1) is 0 Å². The van der Waals surface area contributed by atoms with E-state index in [9.17, 15) is 17.6 Å². The molecule has 0 bridgehead atoms. The molecular formula is C20H31FN4O3S. The number of piperidine rings is 1. The molecule has 0 aliphatic carbocycles. The van der Waals surface area contributed by atoms with E-state index in [1.54, 1.807) is 12.1 Å². The Morgan fingerprint density at radius 1 is 1.10 bits per heavy atom. The predicted molar refractivity (Wildman–Crippen MR) is 110 cm³/mol. The van der Waals surface area contributed by atoms with Crippen molar-refractivity contribution in [3.63, 3.8) is 0 Å². The first-order valence-electron chi connectivity index (χ1n) is 10.1. The lowest BCUT2D eigenvalue weighted by atomic mass is 9.96. The van der Waals surface area contributed by atoms with Crippen molar-refractivity contribution in [1.82, 2.24) is 19.4 Å². The second kappa shape index (κ2) is 9.51. The second-order valence-electron chi connectivity index (χ2n) is 8.09. The summed E-state index contributed by atoms with van der Waals surface area (Å²) >= 11 is 0. The van der Waals surface area contributed by atoms with Crippen molar-refractivity contribution < 1.29 is 17.6 Å². The number of carbonyl (C=O) groups is 1. The minimum absolute atomic E-state index is 0.00985. The van der Waals surface area contributed by atoms with Crippen LogP contribution < -0.4 is 5.32 Å². The molecule has 2 saturated heterocycles. The molecule has 1 amide bonds. The van der Waals surface area contributed by atoms with E-state index >= 15 is 0 Å². The van der Waals surface area contributed by atoms with Crippen LogP contribution in [0.15, 0.2) is 24.3 Å². The Kier molecular flexibility index (Phi) is 7.26. The molecule has 9 heteroatoms. The maximum Gasteiger partial charge on any atom is 0.223 e. The second-order valence-corrected chi connectivity index (χ2v) is 10.1. The Labute approximate surface area is 172 Å². The van der Waals surface area contributed by atoms with Crippen LogP contribution in [-0.2, 0) is 14.8 Å². The molecule has 2 aliphatic rings. The highest BCUT2D eigenvalue weighted by Gasteiger charge is 2.30. The fourth-order valence-corrected chi connectivity index (χ4v) is 4.94. The van der Waals surface area contributed by atoms with E-state index in [1.807, 2.05) is 0 Å². The van der Waals surface area contributed by atoms with Crippen molar-refractivity contribution >= 4 is 15.9 Å².